The highest BCUT2D eigenvalue weighted by Crippen LogP contribution is 2.28. The van der Waals surface area contributed by atoms with Crippen LogP contribution in [0.15, 0.2) is 18.3 Å². The molecule has 0 aliphatic heterocycles. The molecule has 1 fully saturated rings. The molecule has 1 atom stereocenters. The minimum absolute atomic E-state index is 0.219. The van der Waals surface area contributed by atoms with Crippen molar-refractivity contribution in [3.63, 3.8) is 0 Å². The van der Waals surface area contributed by atoms with Gasteiger partial charge in [0.05, 0.1) is 6.61 Å². The summed E-state index contributed by atoms with van der Waals surface area (Å²) in [6.07, 6.45) is 4.26. The second kappa shape index (κ2) is 5.96. The molecule has 1 aliphatic rings. The number of ether oxygens (including phenoxy) is 1. The number of hydrogen-bond acceptors (Lipinski definition) is 4. The molecule has 1 heterocycles. The number of pyridine rings is 1. The van der Waals surface area contributed by atoms with Crippen LogP contribution in [0.3, 0.4) is 0 Å². The van der Waals surface area contributed by atoms with Crippen molar-refractivity contribution in [1.29, 1.82) is 0 Å². The van der Waals surface area contributed by atoms with Crippen LogP contribution in [0.2, 0.25) is 0 Å². The van der Waals surface area contributed by atoms with E-state index < -0.39 is 6.04 Å². The average molecular weight is 248 g/mol. The molecule has 0 bridgehead atoms. The minimum Gasteiger partial charge on any atom is -0.465 e. The molecular weight excluding hydrogens is 228 g/mol. The van der Waals surface area contributed by atoms with Gasteiger partial charge in [0.1, 0.15) is 6.04 Å². The number of hydrogen-bond donors (Lipinski definition) is 1. The largest absolute Gasteiger partial charge is 0.465 e. The highest BCUT2D eigenvalue weighted by molar-refractivity contribution is 5.77. The zero-order valence-corrected chi connectivity index (χ0v) is 11.0. The third-order valence-corrected chi connectivity index (χ3v) is 3.10. The lowest BCUT2D eigenvalue weighted by atomic mass is 10.1. The van der Waals surface area contributed by atoms with E-state index in [-0.39, 0.29) is 5.97 Å². The lowest BCUT2D eigenvalue weighted by Gasteiger charge is -2.17. The number of aromatic nitrogens is 1. The van der Waals surface area contributed by atoms with E-state index in [1.165, 1.54) is 12.8 Å². The van der Waals surface area contributed by atoms with Gasteiger partial charge in [-0.1, -0.05) is 6.07 Å². The van der Waals surface area contributed by atoms with Crippen molar-refractivity contribution < 1.29 is 9.53 Å². The van der Waals surface area contributed by atoms with Crippen LogP contribution in [0, 0.1) is 12.8 Å². The van der Waals surface area contributed by atoms with Crippen molar-refractivity contribution in [3.05, 3.63) is 29.6 Å². The molecule has 4 nitrogen and oxygen atoms in total. The van der Waals surface area contributed by atoms with Crippen molar-refractivity contribution >= 4 is 5.97 Å². The second-order valence-electron chi connectivity index (χ2n) is 4.77. The summed E-state index contributed by atoms with van der Waals surface area (Å²) in [5.41, 5.74) is 1.82. The first-order chi connectivity index (χ1) is 8.70. The zero-order valence-electron chi connectivity index (χ0n) is 11.0. The molecule has 1 aromatic heterocycles. The van der Waals surface area contributed by atoms with Gasteiger partial charge in [-0.3, -0.25) is 4.98 Å². The highest BCUT2D eigenvalue weighted by atomic mass is 16.5. The van der Waals surface area contributed by atoms with E-state index in [1.807, 2.05) is 26.0 Å². The Bertz CT molecular complexity index is 399. The maximum atomic E-state index is 11.9. The fourth-order valence-electron chi connectivity index (χ4n) is 1.82. The van der Waals surface area contributed by atoms with Crippen LogP contribution in [0.25, 0.3) is 0 Å². The van der Waals surface area contributed by atoms with Crippen LogP contribution in [-0.4, -0.2) is 24.1 Å². The Hall–Kier alpha value is -1.42. The molecule has 98 valence electrons. The van der Waals surface area contributed by atoms with Crippen LogP contribution in [-0.2, 0) is 9.53 Å². The van der Waals surface area contributed by atoms with E-state index in [0.717, 1.165) is 23.7 Å². The van der Waals surface area contributed by atoms with Crippen LogP contribution in [0.4, 0.5) is 0 Å². The zero-order chi connectivity index (χ0) is 13.0. The van der Waals surface area contributed by atoms with Gasteiger partial charge in [0.15, 0.2) is 0 Å². The monoisotopic (exact) mass is 248 g/mol. The summed E-state index contributed by atoms with van der Waals surface area (Å²) in [6.45, 7) is 5.03. The number of rotatable bonds is 6. The Kier molecular flexibility index (Phi) is 4.31. The van der Waals surface area contributed by atoms with Gasteiger partial charge in [0.25, 0.3) is 0 Å². The predicted molar refractivity (Wildman–Crippen MR) is 69.1 cm³/mol. The molecular formula is C14H20N2O2. The molecule has 2 rings (SSSR count). The molecule has 0 saturated heterocycles. The average Bonchev–Trinajstić information content (AvgIpc) is 3.16. The SMILES string of the molecule is CCOC(=O)C(NCC1CC1)c1ccc(C)nc1. The van der Waals surface area contributed by atoms with Gasteiger partial charge in [0.2, 0.25) is 0 Å². The number of carbonyl (C=O) groups is 1. The second-order valence-corrected chi connectivity index (χ2v) is 4.77. The van der Waals surface area contributed by atoms with E-state index in [2.05, 4.69) is 10.3 Å². The molecule has 0 aromatic carbocycles. The van der Waals surface area contributed by atoms with E-state index in [1.54, 1.807) is 6.20 Å². The molecule has 4 heteroatoms. The third-order valence-electron chi connectivity index (χ3n) is 3.10. The summed E-state index contributed by atoms with van der Waals surface area (Å²) in [6, 6.07) is 3.46. The van der Waals surface area contributed by atoms with Gasteiger partial charge < -0.3 is 10.1 Å². The Morgan fingerprint density at radius 1 is 1.56 bits per heavy atom. The molecule has 1 N–H and O–H groups in total. The third kappa shape index (κ3) is 3.53. The first kappa shape index (κ1) is 13.0. The summed E-state index contributed by atoms with van der Waals surface area (Å²) in [5, 5.41) is 3.29. The summed E-state index contributed by atoms with van der Waals surface area (Å²) in [4.78, 5) is 16.2. The lowest BCUT2D eigenvalue weighted by Crippen LogP contribution is -2.31. The number of carbonyl (C=O) groups excluding carboxylic acids is 1. The van der Waals surface area contributed by atoms with Gasteiger partial charge in [-0.25, -0.2) is 4.79 Å². The summed E-state index contributed by atoms with van der Waals surface area (Å²) >= 11 is 0. The molecule has 1 unspecified atom stereocenters. The van der Waals surface area contributed by atoms with Crippen LogP contribution >= 0.6 is 0 Å². The Labute approximate surface area is 108 Å². The quantitative estimate of drug-likeness (QED) is 0.782. The number of aryl methyl sites for hydroxylation is 1. The normalized spacial score (nSPS) is 16.3. The summed E-state index contributed by atoms with van der Waals surface area (Å²) in [7, 11) is 0. The van der Waals surface area contributed by atoms with E-state index in [4.69, 9.17) is 4.74 Å². The number of nitrogens with one attached hydrogen (secondary N) is 1. The van der Waals surface area contributed by atoms with Gasteiger partial charge in [-0.05, 0) is 50.8 Å². The summed E-state index contributed by atoms with van der Waals surface area (Å²) in [5.74, 6) is 0.504. The van der Waals surface area contributed by atoms with Gasteiger partial charge in [-0.2, -0.15) is 0 Å². The number of esters is 1. The molecule has 0 radical (unpaired) electrons. The lowest BCUT2D eigenvalue weighted by molar-refractivity contribution is -0.145. The highest BCUT2D eigenvalue weighted by Gasteiger charge is 2.26. The van der Waals surface area contributed by atoms with Crippen molar-refractivity contribution in [2.75, 3.05) is 13.2 Å². The molecule has 0 spiro atoms. The molecule has 1 aromatic rings. The van der Waals surface area contributed by atoms with Crippen LogP contribution in [0.5, 0.6) is 0 Å². The first-order valence-corrected chi connectivity index (χ1v) is 6.53. The van der Waals surface area contributed by atoms with Crippen molar-refractivity contribution in [2.24, 2.45) is 5.92 Å². The maximum absolute atomic E-state index is 11.9. The fourth-order valence-corrected chi connectivity index (χ4v) is 1.82. The van der Waals surface area contributed by atoms with Gasteiger partial charge in [0, 0.05) is 11.9 Å². The Morgan fingerprint density at radius 2 is 2.33 bits per heavy atom. The van der Waals surface area contributed by atoms with E-state index >= 15 is 0 Å². The molecule has 18 heavy (non-hydrogen) atoms. The Balaban J connectivity index is 2.06. The number of nitrogens with zero attached hydrogens (tertiary/aromatic N) is 1. The molecule has 1 aliphatic carbocycles. The van der Waals surface area contributed by atoms with Crippen molar-refractivity contribution in [2.45, 2.75) is 32.7 Å². The maximum Gasteiger partial charge on any atom is 0.327 e. The predicted octanol–water partition coefficient (Wildman–Crippen LogP) is 1.99. The van der Waals surface area contributed by atoms with Crippen LogP contribution < -0.4 is 5.32 Å². The summed E-state index contributed by atoms with van der Waals surface area (Å²) < 4.78 is 5.11. The smallest absolute Gasteiger partial charge is 0.327 e. The minimum atomic E-state index is -0.390. The van der Waals surface area contributed by atoms with Crippen molar-refractivity contribution in [1.82, 2.24) is 10.3 Å². The van der Waals surface area contributed by atoms with Gasteiger partial charge in [-0.15, -0.1) is 0 Å². The van der Waals surface area contributed by atoms with Gasteiger partial charge >= 0.3 is 5.97 Å². The first-order valence-electron chi connectivity index (χ1n) is 6.53. The van der Waals surface area contributed by atoms with E-state index in [0.29, 0.717) is 6.61 Å². The molecule has 1 saturated carbocycles. The van der Waals surface area contributed by atoms with Crippen molar-refractivity contribution in [3.8, 4) is 0 Å². The fraction of sp³-hybridized carbons (Fsp3) is 0.571. The van der Waals surface area contributed by atoms with Crippen LogP contribution in [0.1, 0.15) is 37.1 Å². The Morgan fingerprint density at radius 3 is 2.89 bits per heavy atom. The molecule has 0 amide bonds. The van der Waals surface area contributed by atoms with E-state index in [9.17, 15) is 4.79 Å². The standard InChI is InChI=1S/C14H20N2O2/c1-3-18-14(17)13(16-8-11-5-6-11)12-7-4-10(2)15-9-12/h4,7,9,11,13,16H,3,5-6,8H2,1-2H3. The topological polar surface area (TPSA) is 51.2 Å².